The number of aromatic nitrogens is 1. The van der Waals surface area contributed by atoms with Crippen LogP contribution in [-0.4, -0.2) is 16.8 Å². The number of hydrogen-bond acceptors (Lipinski definition) is 5. The van der Waals surface area contributed by atoms with E-state index in [9.17, 15) is 9.59 Å². The van der Waals surface area contributed by atoms with Crippen molar-refractivity contribution < 1.29 is 18.7 Å². The molecule has 1 N–H and O–H groups in total. The molecule has 38 heavy (non-hydrogen) atoms. The van der Waals surface area contributed by atoms with E-state index in [1.165, 1.54) is 6.07 Å². The zero-order chi connectivity index (χ0) is 27.0. The topological polar surface area (TPSA) is 68.3 Å². The summed E-state index contributed by atoms with van der Waals surface area (Å²) in [5, 5.41) is 3.54. The summed E-state index contributed by atoms with van der Waals surface area (Å²) in [6.07, 6.45) is 1.37. The van der Waals surface area contributed by atoms with E-state index >= 15 is 4.39 Å². The van der Waals surface area contributed by atoms with Crippen LogP contribution >= 0.6 is 34.7 Å². The molecule has 1 aromatic heterocycles. The van der Waals surface area contributed by atoms with Crippen molar-refractivity contribution in [3.8, 4) is 21.6 Å². The Kier molecular flexibility index (Phi) is 7.27. The van der Waals surface area contributed by atoms with Crippen molar-refractivity contribution in [1.82, 2.24) is 4.37 Å². The zero-order valence-corrected chi connectivity index (χ0v) is 22.9. The maximum absolute atomic E-state index is 15.4. The van der Waals surface area contributed by atoms with Crippen molar-refractivity contribution in [3.63, 3.8) is 0 Å². The zero-order valence-electron chi connectivity index (χ0n) is 20.6. The largest absolute Gasteiger partial charge is 0.441 e. The highest BCUT2D eigenvalue weighted by molar-refractivity contribution is 7.10. The predicted molar refractivity (Wildman–Crippen MR) is 150 cm³/mol. The van der Waals surface area contributed by atoms with Gasteiger partial charge in [-0.1, -0.05) is 65.7 Å². The fraction of sp³-hybridized carbons (Fsp3) is 0.207. The van der Waals surface area contributed by atoms with Crippen molar-refractivity contribution in [2.75, 3.05) is 5.32 Å². The third-order valence-corrected chi connectivity index (χ3v) is 8.43. The van der Waals surface area contributed by atoms with E-state index in [-0.39, 0.29) is 0 Å². The Bertz CT molecular complexity index is 1530. The molecule has 3 aromatic carbocycles. The van der Waals surface area contributed by atoms with Crippen LogP contribution in [0, 0.1) is 12.7 Å². The van der Waals surface area contributed by atoms with E-state index in [0.717, 1.165) is 36.2 Å². The molecule has 0 aliphatic heterocycles. The van der Waals surface area contributed by atoms with Gasteiger partial charge in [-0.3, -0.25) is 5.32 Å². The molecule has 1 aliphatic carbocycles. The number of benzene rings is 3. The molecule has 4 aromatic rings. The minimum Gasteiger partial charge on any atom is -0.441 e. The molecule has 0 radical (unpaired) electrons. The number of carbonyl (C=O) groups excluding carboxylic acids is 2. The van der Waals surface area contributed by atoms with E-state index in [0.29, 0.717) is 48.6 Å². The maximum atomic E-state index is 15.4. The maximum Gasteiger partial charge on any atom is 0.412 e. The fourth-order valence-corrected chi connectivity index (χ4v) is 5.87. The van der Waals surface area contributed by atoms with Crippen LogP contribution in [0.4, 0.5) is 14.9 Å². The first-order valence-electron chi connectivity index (χ1n) is 12.0. The van der Waals surface area contributed by atoms with Gasteiger partial charge >= 0.3 is 6.09 Å². The van der Waals surface area contributed by atoms with Crippen LogP contribution in [0.5, 0.6) is 0 Å². The van der Waals surface area contributed by atoms with E-state index < -0.39 is 23.4 Å². The molecule has 1 fully saturated rings. The van der Waals surface area contributed by atoms with Gasteiger partial charge in [0, 0.05) is 21.7 Å². The average molecular weight is 569 g/mol. The van der Waals surface area contributed by atoms with Gasteiger partial charge < -0.3 is 9.53 Å². The molecule has 0 unspecified atom stereocenters. The molecule has 0 bridgehead atoms. The molecular formula is C29H23Cl2FN2O3S. The molecule has 5 rings (SSSR count). The summed E-state index contributed by atoms with van der Waals surface area (Å²) in [6.45, 7) is 3.46. The van der Waals surface area contributed by atoms with Gasteiger partial charge in [-0.15, -0.1) is 0 Å². The van der Waals surface area contributed by atoms with Gasteiger partial charge in [-0.05, 0) is 67.5 Å². The number of ether oxygens (including phenoxy) is 1. The molecule has 1 aliphatic rings. The third kappa shape index (κ3) is 5.06. The van der Waals surface area contributed by atoms with Gasteiger partial charge in [0.05, 0.1) is 26.7 Å². The number of nitrogens with zero attached hydrogens (tertiary/aromatic N) is 1. The molecule has 194 valence electrons. The van der Waals surface area contributed by atoms with Crippen LogP contribution in [0.3, 0.4) is 0 Å². The van der Waals surface area contributed by atoms with E-state index in [2.05, 4.69) is 9.69 Å². The monoisotopic (exact) mass is 568 g/mol. The molecular weight excluding hydrogens is 546 g/mol. The number of nitrogens with one attached hydrogen (secondary N) is 1. The molecule has 5 nitrogen and oxygen atoms in total. The summed E-state index contributed by atoms with van der Waals surface area (Å²) in [5.74, 6) is -0.472. The smallest absolute Gasteiger partial charge is 0.412 e. The molecule has 1 amide bonds. The molecule has 0 spiro atoms. The quantitative estimate of drug-likeness (QED) is 0.226. The van der Waals surface area contributed by atoms with Crippen LogP contribution in [-0.2, 0) is 14.9 Å². The Labute approximate surface area is 233 Å². The van der Waals surface area contributed by atoms with Crippen molar-refractivity contribution >= 4 is 52.8 Å². The second-order valence-electron chi connectivity index (χ2n) is 9.33. The van der Waals surface area contributed by atoms with Gasteiger partial charge in [-0.2, -0.15) is 4.37 Å². The summed E-state index contributed by atoms with van der Waals surface area (Å²) in [7, 11) is 0. The van der Waals surface area contributed by atoms with Gasteiger partial charge in [0.15, 0.2) is 0 Å². The highest BCUT2D eigenvalue weighted by Gasteiger charge is 2.44. The second-order valence-corrected chi connectivity index (χ2v) is 10.9. The minimum atomic E-state index is -0.695. The molecule has 1 saturated carbocycles. The highest BCUT2D eigenvalue weighted by atomic mass is 35.5. The Morgan fingerprint density at radius 1 is 1.11 bits per heavy atom. The Morgan fingerprint density at radius 2 is 1.82 bits per heavy atom. The number of hydrogen-bond donors (Lipinski definition) is 1. The summed E-state index contributed by atoms with van der Waals surface area (Å²) in [5.41, 5.74) is 3.56. The van der Waals surface area contributed by atoms with Gasteiger partial charge in [0.25, 0.3) is 0 Å². The summed E-state index contributed by atoms with van der Waals surface area (Å²) >= 11 is 13.9. The van der Waals surface area contributed by atoms with Gasteiger partial charge in [0.1, 0.15) is 18.2 Å². The number of amides is 1. The van der Waals surface area contributed by atoms with Gasteiger partial charge in [0.2, 0.25) is 0 Å². The molecule has 1 heterocycles. The number of rotatable bonds is 7. The first-order valence-corrected chi connectivity index (χ1v) is 13.5. The lowest BCUT2D eigenvalue weighted by molar-refractivity contribution is -0.109. The van der Waals surface area contributed by atoms with E-state index in [4.69, 9.17) is 27.9 Å². The SMILES string of the molecule is Cc1nsc(-c2cc(F)c(-c3ccc(C4(C=O)CC4)cc3)cc2Cl)c1NC(=O)O[C@H](C)c1ccccc1Cl. The number of carbonyl (C=O) groups is 2. The van der Waals surface area contributed by atoms with E-state index in [1.807, 2.05) is 18.2 Å². The average Bonchev–Trinajstić information content (AvgIpc) is 3.63. The Balaban J connectivity index is 1.38. The lowest BCUT2D eigenvalue weighted by Gasteiger charge is -2.16. The highest BCUT2D eigenvalue weighted by Crippen LogP contribution is 2.47. The number of anilines is 1. The molecule has 0 saturated heterocycles. The third-order valence-electron chi connectivity index (χ3n) is 6.80. The van der Waals surface area contributed by atoms with Crippen molar-refractivity contribution in [3.05, 3.63) is 93.3 Å². The number of aldehydes is 1. The Morgan fingerprint density at radius 3 is 2.47 bits per heavy atom. The molecule has 1 atom stereocenters. The number of aryl methyl sites for hydroxylation is 1. The Hall–Kier alpha value is -3.26. The van der Waals surface area contributed by atoms with Crippen LogP contribution in [0.25, 0.3) is 21.6 Å². The van der Waals surface area contributed by atoms with Crippen molar-refractivity contribution in [1.29, 1.82) is 0 Å². The first-order chi connectivity index (χ1) is 18.2. The number of halogens is 3. The second kappa shape index (κ2) is 10.5. The van der Waals surface area contributed by atoms with Gasteiger partial charge in [-0.25, -0.2) is 9.18 Å². The van der Waals surface area contributed by atoms with Crippen LogP contribution in [0.15, 0.2) is 60.7 Å². The van der Waals surface area contributed by atoms with Crippen molar-refractivity contribution in [2.45, 2.75) is 38.2 Å². The minimum absolute atomic E-state index is 0.307. The van der Waals surface area contributed by atoms with Crippen LogP contribution in [0.1, 0.15) is 42.7 Å². The summed E-state index contributed by atoms with van der Waals surface area (Å²) < 4.78 is 25.2. The predicted octanol–water partition coefficient (Wildman–Crippen LogP) is 8.77. The lowest BCUT2D eigenvalue weighted by Crippen LogP contribution is -2.17. The standard InChI is InChI=1S/C29H23Cl2FN2O3S/c1-16-26(33-28(36)37-17(2)20-5-3-4-6-23(20)30)27(38-34-16)22-14-25(32)21(13-24(22)31)18-7-9-19(10-8-18)29(15-35)11-12-29/h3-10,13-15,17H,11-12H2,1-2H3,(H,33,36)/t17-/m1/s1. The normalized spacial score (nSPS) is 14.6. The summed E-state index contributed by atoms with van der Waals surface area (Å²) in [6, 6.07) is 17.3. The molecule has 9 heteroatoms. The fourth-order valence-electron chi connectivity index (χ4n) is 4.39. The van der Waals surface area contributed by atoms with E-state index in [1.54, 1.807) is 50.2 Å². The first kappa shape index (κ1) is 26.4. The van der Waals surface area contributed by atoms with Crippen molar-refractivity contribution in [2.24, 2.45) is 0 Å². The van der Waals surface area contributed by atoms with Crippen LogP contribution < -0.4 is 5.32 Å². The van der Waals surface area contributed by atoms with Crippen LogP contribution in [0.2, 0.25) is 10.0 Å². The summed E-state index contributed by atoms with van der Waals surface area (Å²) in [4.78, 5) is 24.7. The lowest BCUT2D eigenvalue weighted by atomic mass is 9.94.